The molecule has 0 fully saturated rings. The van der Waals surface area contributed by atoms with Crippen LogP contribution in [0.15, 0.2) is 24.3 Å². The van der Waals surface area contributed by atoms with Crippen molar-refractivity contribution in [1.82, 2.24) is 0 Å². The molecule has 0 aliphatic rings. The van der Waals surface area contributed by atoms with E-state index in [1.165, 1.54) is 0 Å². The average Bonchev–Trinajstić information content (AvgIpc) is 2.04. The topological polar surface area (TPSA) is 56.0 Å². The number of nitrogens with zero attached hydrogens (tertiary/aromatic N) is 1. The monoisotopic (exact) mass is 134 g/mol. The highest BCUT2D eigenvalue weighted by Gasteiger charge is 1.95. The Bertz CT molecular complexity index is 265. The molecule has 1 rings (SSSR count). The maximum Gasteiger partial charge on any atom is 0.101 e. The quantitative estimate of drug-likeness (QED) is 0.570. The molecule has 0 spiro atoms. The summed E-state index contributed by atoms with van der Waals surface area (Å²) in [6.45, 7) is 0. The van der Waals surface area contributed by atoms with Crippen molar-refractivity contribution < 1.29 is 5.21 Å². The fraction of sp³-hybridized carbons (Fsp3) is 0. The van der Waals surface area contributed by atoms with Crippen LogP contribution in [0.4, 0.5) is 5.69 Å². The van der Waals surface area contributed by atoms with Gasteiger partial charge in [-0.1, -0.05) is 12.1 Å². The molecule has 0 saturated carbocycles. The molecule has 0 heterocycles. The number of rotatable bonds is 1. The zero-order valence-electron chi connectivity index (χ0n) is 5.20. The summed E-state index contributed by atoms with van der Waals surface area (Å²) in [5.74, 6) is 0. The van der Waals surface area contributed by atoms with E-state index in [9.17, 15) is 0 Å². The second-order valence-corrected chi connectivity index (χ2v) is 1.77. The molecule has 0 aliphatic carbocycles. The largest absolute Gasteiger partial charge is 0.291 e. The molecule has 0 bridgehead atoms. The van der Waals surface area contributed by atoms with E-state index in [-0.39, 0.29) is 0 Å². The lowest BCUT2D eigenvalue weighted by Crippen LogP contribution is -1.91. The van der Waals surface area contributed by atoms with Crippen molar-refractivity contribution in [2.45, 2.75) is 0 Å². The molecule has 3 nitrogen and oxygen atoms in total. The highest BCUT2D eigenvalue weighted by atomic mass is 16.5. The third-order valence-corrected chi connectivity index (χ3v) is 1.17. The molecule has 0 atom stereocenters. The molecule has 3 heteroatoms. The van der Waals surface area contributed by atoms with E-state index in [1.54, 1.807) is 24.3 Å². The van der Waals surface area contributed by atoms with Crippen LogP contribution in [0, 0.1) is 11.3 Å². The molecular weight excluding hydrogens is 128 g/mol. The van der Waals surface area contributed by atoms with Crippen LogP contribution in [0.2, 0.25) is 0 Å². The van der Waals surface area contributed by atoms with E-state index in [4.69, 9.17) is 10.5 Å². The van der Waals surface area contributed by atoms with E-state index in [0.717, 1.165) is 0 Å². The van der Waals surface area contributed by atoms with Crippen LogP contribution in [-0.2, 0) is 0 Å². The first-order valence-corrected chi connectivity index (χ1v) is 2.77. The molecule has 2 N–H and O–H groups in total. The Kier molecular flexibility index (Phi) is 1.88. The van der Waals surface area contributed by atoms with Gasteiger partial charge in [-0.2, -0.15) is 5.26 Å². The van der Waals surface area contributed by atoms with E-state index in [1.807, 2.05) is 11.5 Å². The van der Waals surface area contributed by atoms with Crippen molar-refractivity contribution in [2.75, 3.05) is 5.48 Å². The molecule has 1 aromatic carbocycles. The predicted molar refractivity (Wildman–Crippen MR) is 36.6 cm³/mol. The molecule has 10 heavy (non-hydrogen) atoms. The maximum atomic E-state index is 8.45. The number of nitrogens with one attached hydrogen (secondary N) is 1. The third kappa shape index (κ3) is 1.07. The Morgan fingerprint density at radius 2 is 2.10 bits per heavy atom. The molecule has 0 radical (unpaired) electrons. The van der Waals surface area contributed by atoms with Crippen LogP contribution in [0.25, 0.3) is 0 Å². The van der Waals surface area contributed by atoms with Gasteiger partial charge in [-0.3, -0.25) is 10.7 Å². The lowest BCUT2D eigenvalue weighted by atomic mass is 10.2. The van der Waals surface area contributed by atoms with Gasteiger partial charge in [-0.05, 0) is 12.1 Å². The summed E-state index contributed by atoms with van der Waals surface area (Å²) in [6.07, 6.45) is 0. The SMILES string of the molecule is N#Cc1ccccc1NO. The van der Waals surface area contributed by atoms with Crippen molar-refractivity contribution in [2.24, 2.45) is 0 Å². The van der Waals surface area contributed by atoms with Crippen LogP contribution < -0.4 is 5.48 Å². The summed E-state index contributed by atoms with van der Waals surface area (Å²) < 4.78 is 0. The lowest BCUT2D eigenvalue weighted by molar-refractivity contribution is 0.388. The normalized spacial score (nSPS) is 8.40. The highest BCUT2D eigenvalue weighted by Crippen LogP contribution is 2.11. The molecular formula is C7H6N2O. The van der Waals surface area contributed by atoms with Gasteiger partial charge < -0.3 is 0 Å². The first-order chi connectivity index (χ1) is 4.88. The molecule has 1 aromatic rings. The van der Waals surface area contributed by atoms with E-state index in [2.05, 4.69) is 0 Å². The van der Waals surface area contributed by atoms with Crippen molar-refractivity contribution >= 4 is 5.69 Å². The minimum Gasteiger partial charge on any atom is -0.291 e. The Labute approximate surface area is 58.5 Å². The van der Waals surface area contributed by atoms with Gasteiger partial charge in [0.15, 0.2) is 0 Å². The summed E-state index contributed by atoms with van der Waals surface area (Å²) in [4.78, 5) is 0. The maximum absolute atomic E-state index is 8.45. The summed E-state index contributed by atoms with van der Waals surface area (Å²) in [6, 6.07) is 8.64. The van der Waals surface area contributed by atoms with Crippen LogP contribution in [-0.4, -0.2) is 5.21 Å². The number of hydrogen-bond donors (Lipinski definition) is 2. The number of benzene rings is 1. The first-order valence-electron chi connectivity index (χ1n) is 2.77. The van der Waals surface area contributed by atoms with E-state index in [0.29, 0.717) is 11.3 Å². The third-order valence-electron chi connectivity index (χ3n) is 1.17. The standard InChI is InChI=1S/C7H6N2O/c8-5-6-3-1-2-4-7(6)9-10/h1-4,9-10H. The molecule has 0 saturated heterocycles. The molecule has 0 aliphatic heterocycles. The van der Waals surface area contributed by atoms with Gasteiger partial charge in [0.2, 0.25) is 0 Å². The van der Waals surface area contributed by atoms with Crippen LogP contribution in [0.3, 0.4) is 0 Å². The van der Waals surface area contributed by atoms with E-state index >= 15 is 0 Å². The lowest BCUT2D eigenvalue weighted by Gasteiger charge is -1.97. The molecule has 50 valence electrons. The van der Waals surface area contributed by atoms with Gasteiger partial charge in [0.25, 0.3) is 0 Å². The Morgan fingerprint density at radius 1 is 1.40 bits per heavy atom. The summed E-state index contributed by atoms with van der Waals surface area (Å²) in [5.41, 5.74) is 2.79. The van der Waals surface area contributed by atoms with Crippen molar-refractivity contribution in [3.63, 3.8) is 0 Å². The van der Waals surface area contributed by atoms with Gasteiger partial charge >= 0.3 is 0 Å². The first kappa shape index (κ1) is 6.59. The van der Waals surface area contributed by atoms with Crippen LogP contribution >= 0.6 is 0 Å². The zero-order chi connectivity index (χ0) is 7.40. The van der Waals surface area contributed by atoms with Crippen molar-refractivity contribution in [3.05, 3.63) is 29.8 Å². The van der Waals surface area contributed by atoms with Gasteiger partial charge in [-0.25, -0.2) is 0 Å². The Morgan fingerprint density at radius 3 is 2.60 bits per heavy atom. The summed E-state index contributed by atoms with van der Waals surface area (Å²) >= 11 is 0. The Balaban J connectivity index is 3.12. The number of hydrogen-bond acceptors (Lipinski definition) is 3. The second kappa shape index (κ2) is 2.85. The zero-order valence-corrected chi connectivity index (χ0v) is 5.20. The molecule has 0 amide bonds. The van der Waals surface area contributed by atoms with E-state index < -0.39 is 0 Å². The van der Waals surface area contributed by atoms with Gasteiger partial charge in [0, 0.05) is 0 Å². The van der Waals surface area contributed by atoms with Gasteiger partial charge in [-0.15, -0.1) is 0 Å². The fourth-order valence-electron chi connectivity index (χ4n) is 0.678. The van der Waals surface area contributed by atoms with Crippen LogP contribution in [0.5, 0.6) is 0 Å². The van der Waals surface area contributed by atoms with Gasteiger partial charge in [0.1, 0.15) is 6.07 Å². The fourth-order valence-corrected chi connectivity index (χ4v) is 0.678. The van der Waals surface area contributed by atoms with Crippen molar-refractivity contribution in [1.29, 1.82) is 5.26 Å². The van der Waals surface area contributed by atoms with Gasteiger partial charge in [0.05, 0.1) is 11.3 Å². The highest BCUT2D eigenvalue weighted by molar-refractivity contribution is 5.55. The molecule has 0 unspecified atom stereocenters. The average molecular weight is 134 g/mol. The minimum atomic E-state index is 0.435. The Hall–Kier alpha value is -1.53. The predicted octanol–water partition coefficient (Wildman–Crippen LogP) is 1.36. The summed E-state index contributed by atoms with van der Waals surface area (Å²) in [7, 11) is 0. The summed E-state index contributed by atoms with van der Waals surface area (Å²) in [5, 5.41) is 16.9. The van der Waals surface area contributed by atoms with Crippen molar-refractivity contribution in [3.8, 4) is 6.07 Å². The number of anilines is 1. The number of para-hydroxylation sites is 1. The molecule has 0 aromatic heterocycles. The minimum absolute atomic E-state index is 0.435. The smallest absolute Gasteiger partial charge is 0.101 e. The van der Waals surface area contributed by atoms with Crippen LogP contribution in [0.1, 0.15) is 5.56 Å². The number of nitriles is 1. The second-order valence-electron chi connectivity index (χ2n) is 1.77.